The summed E-state index contributed by atoms with van der Waals surface area (Å²) in [6.07, 6.45) is -4.55. The monoisotopic (exact) mass is 245 g/mol. The molecule has 15 heavy (non-hydrogen) atoms. The molecule has 0 amide bonds. The van der Waals surface area contributed by atoms with Crippen LogP contribution in [0.3, 0.4) is 0 Å². The molecule has 1 atom stereocenters. The lowest BCUT2D eigenvalue weighted by atomic mass is 10.5. The summed E-state index contributed by atoms with van der Waals surface area (Å²) in [5.74, 6) is 0. The second-order valence-corrected chi connectivity index (χ2v) is 7.03. The maximum Gasteiger partial charge on any atom is 0.389 e. The van der Waals surface area contributed by atoms with Gasteiger partial charge in [-0.25, -0.2) is 0 Å². The van der Waals surface area contributed by atoms with Crippen LogP contribution < -0.4 is 5.73 Å². The minimum absolute atomic E-state index is 0.154. The van der Waals surface area contributed by atoms with Gasteiger partial charge in [-0.1, -0.05) is 6.92 Å². The first-order chi connectivity index (χ1) is 6.81. The van der Waals surface area contributed by atoms with E-state index in [-0.39, 0.29) is 6.04 Å². The summed E-state index contributed by atoms with van der Waals surface area (Å²) in [4.78, 5) is 0. The fourth-order valence-electron chi connectivity index (χ4n) is 1.40. The highest BCUT2D eigenvalue weighted by atomic mass is 28.4. The van der Waals surface area contributed by atoms with Gasteiger partial charge in [-0.05, 0) is 6.42 Å². The predicted octanol–water partition coefficient (Wildman–Crippen LogP) is 1.95. The van der Waals surface area contributed by atoms with Crippen molar-refractivity contribution in [1.82, 2.24) is 0 Å². The molecule has 0 spiro atoms. The molecule has 0 aliphatic rings. The zero-order valence-electron chi connectivity index (χ0n) is 9.23. The van der Waals surface area contributed by atoms with Crippen molar-refractivity contribution in [2.24, 2.45) is 5.73 Å². The van der Waals surface area contributed by atoms with Crippen LogP contribution in [-0.4, -0.2) is 34.6 Å². The maximum absolute atomic E-state index is 12.1. The normalized spacial score (nSPS) is 15.4. The highest BCUT2D eigenvalue weighted by Crippen LogP contribution is 2.28. The Hall–Kier alpha value is -0.113. The van der Waals surface area contributed by atoms with Crippen molar-refractivity contribution in [3.8, 4) is 0 Å². The van der Waals surface area contributed by atoms with E-state index in [9.17, 15) is 13.2 Å². The van der Waals surface area contributed by atoms with E-state index >= 15 is 0 Å². The topological polar surface area (TPSA) is 44.5 Å². The van der Waals surface area contributed by atoms with E-state index in [0.717, 1.165) is 0 Å². The van der Waals surface area contributed by atoms with Crippen molar-refractivity contribution >= 4 is 8.56 Å². The van der Waals surface area contributed by atoms with Gasteiger partial charge in [0.2, 0.25) is 0 Å². The fraction of sp³-hybridized carbons (Fsp3) is 1.00. The summed E-state index contributed by atoms with van der Waals surface area (Å²) in [5, 5.41) is 0. The van der Waals surface area contributed by atoms with Gasteiger partial charge in [-0.15, -0.1) is 0 Å². The molecule has 0 aliphatic heterocycles. The van der Waals surface area contributed by atoms with E-state index in [1.807, 2.05) is 0 Å². The summed E-state index contributed by atoms with van der Waals surface area (Å²) in [5.41, 5.74) is 5.31. The van der Waals surface area contributed by atoms with Crippen LogP contribution in [0.15, 0.2) is 0 Å². The summed E-state index contributed by atoms with van der Waals surface area (Å²) >= 11 is 0. The van der Waals surface area contributed by atoms with Gasteiger partial charge in [0, 0.05) is 32.3 Å². The lowest BCUT2D eigenvalue weighted by Crippen LogP contribution is -2.56. The predicted molar refractivity (Wildman–Crippen MR) is 53.5 cm³/mol. The molecule has 0 saturated heterocycles. The van der Waals surface area contributed by atoms with Gasteiger partial charge in [0.05, 0.1) is 0 Å². The summed E-state index contributed by atoms with van der Waals surface area (Å²) in [6.45, 7) is 1.80. The number of nitrogens with two attached hydrogens (primary N) is 1. The summed E-state index contributed by atoms with van der Waals surface area (Å²) in [7, 11) is -0.173. The Morgan fingerprint density at radius 2 is 1.73 bits per heavy atom. The van der Waals surface area contributed by atoms with Crippen molar-refractivity contribution in [3.05, 3.63) is 0 Å². The molecule has 0 fully saturated rings. The van der Waals surface area contributed by atoms with Crippen LogP contribution in [0.25, 0.3) is 0 Å². The Bertz CT molecular complexity index is 185. The van der Waals surface area contributed by atoms with Crippen molar-refractivity contribution in [2.75, 3.05) is 14.2 Å². The van der Waals surface area contributed by atoms with Gasteiger partial charge in [-0.2, -0.15) is 13.2 Å². The molecule has 0 bridgehead atoms. The molecule has 0 aromatic heterocycles. The van der Waals surface area contributed by atoms with Gasteiger partial charge in [0.15, 0.2) is 0 Å². The molecular weight excluding hydrogens is 227 g/mol. The minimum atomic E-state index is -4.19. The average Bonchev–Trinajstić information content (AvgIpc) is 2.18. The first kappa shape index (κ1) is 14.9. The third kappa shape index (κ3) is 4.50. The van der Waals surface area contributed by atoms with Crippen LogP contribution >= 0.6 is 0 Å². The molecule has 7 heteroatoms. The fourth-order valence-corrected chi connectivity index (χ4v) is 4.21. The zero-order valence-corrected chi connectivity index (χ0v) is 10.2. The minimum Gasteiger partial charge on any atom is -0.397 e. The molecule has 0 rings (SSSR count). The van der Waals surface area contributed by atoms with E-state index in [1.165, 1.54) is 14.2 Å². The van der Waals surface area contributed by atoms with E-state index < -0.39 is 26.8 Å². The van der Waals surface area contributed by atoms with Crippen molar-refractivity contribution in [2.45, 2.75) is 37.7 Å². The number of hydrogen-bond acceptors (Lipinski definition) is 3. The third-order valence-corrected chi connectivity index (χ3v) is 6.32. The average molecular weight is 245 g/mol. The quantitative estimate of drug-likeness (QED) is 0.727. The molecule has 0 aromatic rings. The van der Waals surface area contributed by atoms with Crippen LogP contribution in [0.5, 0.6) is 0 Å². The third-order valence-electron chi connectivity index (χ3n) is 2.45. The first-order valence-electron chi connectivity index (χ1n) is 4.74. The summed E-state index contributed by atoms with van der Waals surface area (Å²) < 4.78 is 46.5. The van der Waals surface area contributed by atoms with Gasteiger partial charge in [-0.3, -0.25) is 0 Å². The zero-order chi connectivity index (χ0) is 12.1. The Morgan fingerprint density at radius 1 is 1.27 bits per heavy atom. The lowest BCUT2D eigenvalue weighted by molar-refractivity contribution is -0.131. The Labute approximate surface area is 89.0 Å². The number of alkyl halides is 3. The number of hydrogen-bond donors (Lipinski definition) is 1. The van der Waals surface area contributed by atoms with Crippen LogP contribution in [-0.2, 0) is 8.85 Å². The SMILES string of the molecule is CCC(N)[Si](CCC(F)(F)F)(OC)OC. The molecule has 0 heterocycles. The van der Waals surface area contributed by atoms with Crippen LogP contribution in [0, 0.1) is 0 Å². The highest BCUT2D eigenvalue weighted by Gasteiger charge is 2.44. The second-order valence-electron chi connectivity index (χ2n) is 3.35. The van der Waals surface area contributed by atoms with E-state index in [2.05, 4.69) is 0 Å². The molecule has 0 aliphatic carbocycles. The summed E-state index contributed by atoms with van der Waals surface area (Å²) in [6, 6.07) is -0.154. The lowest BCUT2D eigenvalue weighted by Gasteiger charge is -2.32. The van der Waals surface area contributed by atoms with Gasteiger partial charge in [0.1, 0.15) is 0 Å². The van der Waals surface area contributed by atoms with Crippen molar-refractivity contribution in [1.29, 1.82) is 0 Å². The maximum atomic E-state index is 12.1. The number of rotatable bonds is 6. The van der Waals surface area contributed by atoms with Crippen LogP contribution in [0.1, 0.15) is 19.8 Å². The molecule has 0 radical (unpaired) electrons. The Kier molecular flexibility index (Phi) is 5.79. The molecule has 3 nitrogen and oxygen atoms in total. The van der Waals surface area contributed by atoms with Gasteiger partial charge < -0.3 is 14.6 Å². The highest BCUT2D eigenvalue weighted by molar-refractivity contribution is 6.69. The molecule has 0 saturated carbocycles. The van der Waals surface area contributed by atoms with Crippen molar-refractivity contribution < 1.29 is 22.0 Å². The second kappa shape index (κ2) is 5.83. The standard InChI is InChI=1S/C8H18F3NO2Si/c1-4-7(12)15(13-2,14-3)6-5-8(9,10)11/h7H,4-6,12H2,1-3H3. The Morgan fingerprint density at radius 3 is 2.00 bits per heavy atom. The smallest absolute Gasteiger partial charge is 0.389 e. The molecule has 1 unspecified atom stereocenters. The van der Waals surface area contributed by atoms with E-state index in [4.69, 9.17) is 14.6 Å². The molecule has 0 aromatic carbocycles. The number of halogens is 3. The Balaban J connectivity index is 4.51. The van der Waals surface area contributed by atoms with Gasteiger partial charge >= 0.3 is 14.7 Å². The van der Waals surface area contributed by atoms with Crippen LogP contribution in [0.2, 0.25) is 6.04 Å². The van der Waals surface area contributed by atoms with Gasteiger partial charge in [0.25, 0.3) is 0 Å². The molecule has 92 valence electrons. The largest absolute Gasteiger partial charge is 0.397 e. The molecule has 2 N–H and O–H groups in total. The first-order valence-corrected chi connectivity index (χ1v) is 6.84. The van der Waals surface area contributed by atoms with E-state index in [0.29, 0.717) is 6.42 Å². The van der Waals surface area contributed by atoms with E-state index in [1.54, 1.807) is 6.92 Å². The van der Waals surface area contributed by atoms with Crippen LogP contribution in [0.4, 0.5) is 13.2 Å². The molecular formula is C8H18F3NO2Si. The van der Waals surface area contributed by atoms with Crippen molar-refractivity contribution in [3.63, 3.8) is 0 Å².